The van der Waals surface area contributed by atoms with Crippen LogP contribution in [0.15, 0.2) is 59.6 Å². The molecule has 0 radical (unpaired) electrons. The van der Waals surface area contributed by atoms with E-state index in [4.69, 9.17) is 4.74 Å². The number of carbonyl (C=O) groups excluding carboxylic acids is 1. The second-order valence-corrected chi connectivity index (χ2v) is 4.13. The molecule has 0 aliphatic heterocycles. The fourth-order valence-corrected chi connectivity index (χ4v) is 1.78. The third kappa shape index (κ3) is 4.41. The van der Waals surface area contributed by atoms with Crippen LogP contribution in [0.2, 0.25) is 0 Å². The van der Waals surface area contributed by atoms with Gasteiger partial charge in [0.15, 0.2) is 0 Å². The van der Waals surface area contributed by atoms with Crippen molar-refractivity contribution in [3.63, 3.8) is 0 Å². The lowest BCUT2D eigenvalue weighted by Crippen LogP contribution is -1.99. The molecule has 0 aliphatic rings. The topological polar surface area (TPSA) is 38.7 Å². The summed E-state index contributed by atoms with van der Waals surface area (Å²) >= 11 is 0. The molecule has 0 saturated carbocycles. The van der Waals surface area contributed by atoms with E-state index in [2.05, 4.69) is 17.1 Å². The number of benzene rings is 2. The molecule has 2 aromatic carbocycles. The van der Waals surface area contributed by atoms with Crippen LogP contribution in [0.4, 0.5) is 5.69 Å². The van der Waals surface area contributed by atoms with E-state index in [9.17, 15) is 4.79 Å². The van der Waals surface area contributed by atoms with Gasteiger partial charge in [-0.2, -0.15) is 4.99 Å². The average Bonchev–Trinajstić information content (AvgIpc) is 2.47. The van der Waals surface area contributed by atoms with Crippen LogP contribution in [0.25, 0.3) is 0 Å². The van der Waals surface area contributed by atoms with Crippen LogP contribution in [-0.4, -0.2) is 12.7 Å². The molecule has 0 saturated heterocycles. The van der Waals surface area contributed by atoms with Gasteiger partial charge in [-0.25, -0.2) is 4.79 Å². The number of aliphatic imine (C=N–C) groups is 1. The molecule has 2 aromatic rings. The molecule has 96 valence electrons. The van der Waals surface area contributed by atoms with Crippen molar-refractivity contribution in [2.45, 2.75) is 12.8 Å². The first-order valence-corrected chi connectivity index (χ1v) is 6.23. The number of isocyanates is 1. The summed E-state index contributed by atoms with van der Waals surface area (Å²) in [6.07, 6.45) is 3.49. The Balaban J connectivity index is 1.75. The number of hydrogen-bond donors (Lipinski definition) is 0. The molecule has 0 bridgehead atoms. The lowest BCUT2D eigenvalue weighted by atomic mass is 10.1. The number of aryl methyl sites for hydroxylation is 1. The smallest absolute Gasteiger partial charge is 0.240 e. The fraction of sp³-hybridized carbons (Fsp3) is 0.188. The SMILES string of the molecule is O=C=Nc1ccc(OCCCc2ccccc2)cc1. The van der Waals surface area contributed by atoms with Crippen LogP contribution in [0.1, 0.15) is 12.0 Å². The van der Waals surface area contributed by atoms with Gasteiger partial charge in [-0.1, -0.05) is 30.3 Å². The van der Waals surface area contributed by atoms with Gasteiger partial charge in [-0.05, 0) is 42.7 Å². The lowest BCUT2D eigenvalue weighted by molar-refractivity contribution is 0.311. The highest BCUT2D eigenvalue weighted by atomic mass is 16.5. The maximum absolute atomic E-state index is 10.1. The number of hydrogen-bond acceptors (Lipinski definition) is 3. The Bertz CT molecular complexity index is 543. The quantitative estimate of drug-likeness (QED) is 0.447. The zero-order valence-electron chi connectivity index (χ0n) is 10.6. The summed E-state index contributed by atoms with van der Waals surface area (Å²) in [6.45, 7) is 0.672. The van der Waals surface area contributed by atoms with Crippen molar-refractivity contribution in [2.75, 3.05) is 6.61 Å². The summed E-state index contributed by atoms with van der Waals surface area (Å²) in [4.78, 5) is 13.6. The van der Waals surface area contributed by atoms with Gasteiger partial charge in [-0.15, -0.1) is 0 Å². The first-order chi connectivity index (χ1) is 9.38. The van der Waals surface area contributed by atoms with Crippen molar-refractivity contribution in [1.82, 2.24) is 0 Å². The maximum atomic E-state index is 10.1. The molecule has 0 unspecified atom stereocenters. The minimum absolute atomic E-state index is 0.589. The Hall–Kier alpha value is -2.38. The average molecular weight is 253 g/mol. The molecule has 0 N–H and O–H groups in total. The molecule has 0 amide bonds. The molecule has 3 nitrogen and oxygen atoms in total. The van der Waals surface area contributed by atoms with Gasteiger partial charge >= 0.3 is 0 Å². The minimum Gasteiger partial charge on any atom is -0.494 e. The van der Waals surface area contributed by atoms with Gasteiger partial charge in [0.05, 0.1) is 12.3 Å². The molecule has 0 aromatic heterocycles. The van der Waals surface area contributed by atoms with Gasteiger partial charge in [0.25, 0.3) is 0 Å². The normalized spacial score (nSPS) is 9.68. The third-order valence-corrected chi connectivity index (χ3v) is 2.73. The minimum atomic E-state index is 0.589. The summed E-state index contributed by atoms with van der Waals surface area (Å²) in [5.41, 5.74) is 1.91. The maximum Gasteiger partial charge on any atom is 0.240 e. The molecule has 0 heterocycles. The molecular weight excluding hydrogens is 238 g/mol. The van der Waals surface area contributed by atoms with E-state index in [1.807, 2.05) is 18.2 Å². The molecule has 19 heavy (non-hydrogen) atoms. The Labute approximate surface area is 112 Å². The van der Waals surface area contributed by atoms with Crippen LogP contribution >= 0.6 is 0 Å². The van der Waals surface area contributed by atoms with Crippen LogP contribution < -0.4 is 4.74 Å². The van der Waals surface area contributed by atoms with Gasteiger partial charge in [0.1, 0.15) is 5.75 Å². The van der Waals surface area contributed by atoms with E-state index in [0.717, 1.165) is 18.6 Å². The molecule has 2 rings (SSSR count). The Morgan fingerprint density at radius 3 is 2.42 bits per heavy atom. The zero-order valence-corrected chi connectivity index (χ0v) is 10.6. The van der Waals surface area contributed by atoms with E-state index in [1.54, 1.807) is 24.3 Å². The first-order valence-electron chi connectivity index (χ1n) is 6.23. The number of rotatable bonds is 6. The van der Waals surface area contributed by atoms with E-state index in [1.165, 1.54) is 11.6 Å². The number of nitrogens with zero attached hydrogens (tertiary/aromatic N) is 1. The van der Waals surface area contributed by atoms with Crippen molar-refractivity contribution in [1.29, 1.82) is 0 Å². The standard InChI is InChI=1S/C16H15NO2/c18-13-17-15-8-10-16(11-9-15)19-12-4-7-14-5-2-1-3-6-14/h1-3,5-6,8-11H,4,7,12H2. The predicted octanol–water partition coefficient (Wildman–Crippen LogP) is 3.67. The Morgan fingerprint density at radius 2 is 1.74 bits per heavy atom. The van der Waals surface area contributed by atoms with Crippen molar-refractivity contribution in [3.05, 3.63) is 60.2 Å². The van der Waals surface area contributed by atoms with Crippen LogP contribution in [0.5, 0.6) is 5.75 Å². The zero-order chi connectivity index (χ0) is 13.3. The molecule has 0 aliphatic carbocycles. The highest BCUT2D eigenvalue weighted by molar-refractivity contribution is 5.49. The van der Waals surface area contributed by atoms with Gasteiger partial charge in [0.2, 0.25) is 6.08 Å². The van der Waals surface area contributed by atoms with Crippen LogP contribution in [0.3, 0.4) is 0 Å². The number of ether oxygens (including phenoxy) is 1. The Morgan fingerprint density at radius 1 is 1.00 bits per heavy atom. The summed E-state index contributed by atoms with van der Waals surface area (Å²) in [5.74, 6) is 0.790. The Kier molecular flexibility index (Phi) is 4.91. The van der Waals surface area contributed by atoms with Crippen LogP contribution in [-0.2, 0) is 11.2 Å². The van der Waals surface area contributed by atoms with Crippen LogP contribution in [0, 0.1) is 0 Å². The predicted molar refractivity (Wildman–Crippen MR) is 74.5 cm³/mol. The summed E-state index contributed by atoms with van der Waals surface area (Å²) < 4.78 is 5.62. The third-order valence-electron chi connectivity index (χ3n) is 2.73. The summed E-state index contributed by atoms with van der Waals surface area (Å²) in [7, 11) is 0. The van der Waals surface area contributed by atoms with Crippen molar-refractivity contribution in [3.8, 4) is 5.75 Å². The van der Waals surface area contributed by atoms with E-state index < -0.39 is 0 Å². The van der Waals surface area contributed by atoms with E-state index >= 15 is 0 Å². The highest BCUT2D eigenvalue weighted by Crippen LogP contribution is 2.17. The largest absolute Gasteiger partial charge is 0.494 e. The van der Waals surface area contributed by atoms with Gasteiger partial charge in [0, 0.05) is 0 Å². The monoisotopic (exact) mass is 253 g/mol. The van der Waals surface area contributed by atoms with Crippen molar-refractivity contribution in [2.24, 2.45) is 4.99 Å². The van der Waals surface area contributed by atoms with Gasteiger partial charge < -0.3 is 4.74 Å². The second kappa shape index (κ2) is 7.14. The first kappa shape index (κ1) is 13.1. The molecule has 0 atom stereocenters. The van der Waals surface area contributed by atoms with E-state index in [-0.39, 0.29) is 0 Å². The molecule has 0 fully saturated rings. The van der Waals surface area contributed by atoms with Crippen molar-refractivity contribution < 1.29 is 9.53 Å². The molecular formula is C16H15NO2. The summed E-state index contributed by atoms with van der Waals surface area (Å²) in [6, 6.07) is 17.4. The van der Waals surface area contributed by atoms with Gasteiger partial charge in [-0.3, -0.25) is 0 Å². The van der Waals surface area contributed by atoms with Crippen molar-refractivity contribution >= 4 is 11.8 Å². The lowest BCUT2D eigenvalue weighted by Gasteiger charge is -2.06. The second-order valence-electron chi connectivity index (χ2n) is 4.13. The molecule has 0 spiro atoms. The molecule has 3 heteroatoms. The highest BCUT2D eigenvalue weighted by Gasteiger charge is 1.96. The van der Waals surface area contributed by atoms with E-state index in [0.29, 0.717) is 12.3 Å². The summed E-state index contributed by atoms with van der Waals surface area (Å²) in [5, 5.41) is 0. The fourth-order valence-electron chi connectivity index (χ4n) is 1.78.